The van der Waals surface area contributed by atoms with Gasteiger partial charge in [-0.05, 0) is 36.6 Å². The zero-order chi connectivity index (χ0) is 13.8. The monoisotopic (exact) mass is 298 g/mol. The Hall–Kier alpha value is -0.710. The van der Waals surface area contributed by atoms with Gasteiger partial charge < -0.3 is 11.1 Å². The van der Waals surface area contributed by atoms with Crippen molar-refractivity contribution in [1.82, 2.24) is 5.32 Å². The number of hydrogen-bond acceptors (Lipinski definition) is 3. The second-order valence-corrected chi connectivity index (χ2v) is 6.35. The van der Waals surface area contributed by atoms with Crippen molar-refractivity contribution in [3.63, 3.8) is 0 Å². The first-order chi connectivity index (χ1) is 9.11. The third kappa shape index (κ3) is 3.65. The van der Waals surface area contributed by atoms with Crippen LogP contribution in [0.4, 0.5) is 0 Å². The van der Waals surface area contributed by atoms with E-state index in [9.17, 15) is 4.79 Å². The fraction of sp³-hybridized carbons (Fsp3) is 0.500. The zero-order valence-corrected chi connectivity index (χ0v) is 12.6. The Morgan fingerprint density at radius 3 is 3.16 bits per heavy atom. The van der Waals surface area contributed by atoms with Gasteiger partial charge in [-0.1, -0.05) is 24.9 Å². The van der Waals surface area contributed by atoms with Gasteiger partial charge in [-0.15, -0.1) is 11.8 Å². The standard InChI is InChI=1S/C14H19ClN2OS/c1-2-3-11(16)14(18)17-12-6-7-19-13-5-4-9(15)8-10(12)13/h4-5,8,11-12H,2-3,6-7,16H2,1H3,(H,17,18)/t11-,12-/m1/s1. The molecule has 0 aliphatic carbocycles. The summed E-state index contributed by atoms with van der Waals surface area (Å²) in [5.74, 6) is 0.937. The highest BCUT2D eigenvalue weighted by Gasteiger charge is 2.24. The number of amides is 1. The lowest BCUT2D eigenvalue weighted by molar-refractivity contribution is -0.123. The number of rotatable bonds is 4. The van der Waals surface area contributed by atoms with Crippen LogP contribution in [0.25, 0.3) is 0 Å². The molecular formula is C14H19ClN2OS. The van der Waals surface area contributed by atoms with E-state index in [1.807, 2.05) is 25.1 Å². The van der Waals surface area contributed by atoms with Crippen LogP contribution < -0.4 is 11.1 Å². The minimum Gasteiger partial charge on any atom is -0.348 e. The first kappa shape index (κ1) is 14.7. The molecule has 2 rings (SSSR count). The molecule has 1 aromatic rings. The summed E-state index contributed by atoms with van der Waals surface area (Å²) in [6.07, 6.45) is 2.55. The van der Waals surface area contributed by atoms with Crippen LogP contribution in [-0.2, 0) is 4.79 Å². The van der Waals surface area contributed by atoms with E-state index in [-0.39, 0.29) is 11.9 Å². The molecule has 3 N–H and O–H groups in total. The normalized spacial score (nSPS) is 19.6. The minimum atomic E-state index is -0.415. The van der Waals surface area contributed by atoms with Crippen molar-refractivity contribution in [3.05, 3.63) is 28.8 Å². The Bertz CT molecular complexity index is 467. The van der Waals surface area contributed by atoms with E-state index in [0.717, 1.165) is 30.6 Å². The highest BCUT2D eigenvalue weighted by Crippen LogP contribution is 2.37. The molecule has 0 fully saturated rings. The molecule has 0 bridgehead atoms. The first-order valence-corrected chi connectivity index (χ1v) is 7.96. The number of halogens is 1. The van der Waals surface area contributed by atoms with Gasteiger partial charge in [0.25, 0.3) is 0 Å². The molecule has 1 heterocycles. The van der Waals surface area contributed by atoms with Gasteiger partial charge in [0.15, 0.2) is 0 Å². The van der Waals surface area contributed by atoms with Gasteiger partial charge in [0, 0.05) is 15.7 Å². The fourth-order valence-corrected chi connectivity index (χ4v) is 3.52. The Kier molecular flexibility index (Phi) is 5.13. The third-order valence-electron chi connectivity index (χ3n) is 3.26. The Morgan fingerprint density at radius 1 is 1.63 bits per heavy atom. The van der Waals surface area contributed by atoms with Crippen molar-refractivity contribution in [2.45, 2.75) is 43.2 Å². The molecule has 5 heteroatoms. The lowest BCUT2D eigenvalue weighted by Gasteiger charge is -2.27. The second-order valence-electron chi connectivity index (χ2n) is 4.78. The number of fused-ring (bicyclic) bond motifs is 1. The summed E-state index contributed by atoms with van der Waals surface area (Å²) >= 11 is 7.85. The van der Waals surface area contributed by atoms with E-state index in [0.29, 0.717) is 5.02 Å². The maximum absolute atomic E-state index is 12.0. The number of hydrogen-bond donors (Lipinski definition) is 2. The predicted octanol–water partition coefficient (Wildman–Crippen LogP) is 3.12. The molecule has 1 amide bonds. The molecule has 2 atom stereocenters. The van der Waals surface area contributed by atoms with Crippen LogP contribution in [0.5, 0.6) is 0 Å². The number of nitrogens with one attached hydrogen (secondary N) is 1. The van der Waals surface area contributed by atoms with E-state index in [4.69, 9.17) is 17.3 Å². The number of thioether (sulfide) groups is 1. The van der Waals surface area contributed by atoms with Crippen LogP contribution >= 0.6 is 23.4 Å². The molecule has 1 aromatic carbocycles. The third-order valence-corrected chi connectivity index (χ3v) is 4.62. The van der Waals surface area contributed by atoms with Crippen molar-refractivity contribution in [2.75, 3.05) is 5.75 Å². The molecule has 3 nitrogen and oxygen atoms in total. The molecule has 1 aliphatic heterocycles. The average molecular weight is 299 g/mol. The molecule has 19 heavy (non-hydrogen) atoms. The Morgan fingerprint density at radius 2 is 2.42 bits per heavy atom. The SMILES string of the molecule is CCC[C@@H](N)C(=O)N[C@@H]1CCSc2ccc(Cl)cc21. The molecule has 1 aliphatic rings. The maximum Gasteiger partial charge on any atom is 0.237 e. The highest BCUT2D eigenvalue weighted by molar-refractivity contribution is 7.99. The van der Waals surface area contributed by atoms with Crippen molar-refractivity contribution >= 4 is 29.3 Å². The molecule has 0 radical (unpaired) electrons. The Balaban J connectivity index is 2.11. The summed E-state index contributed by atoms with van der Waals surface area (Å²) in [7, 11) is 0. The minimum absolute atomic E-state index is 0.0327. The summed E-state index contributed by atoms with van der Waals surface area (Å²) in [6.45, 7) is 2.03. The largest absolute Gasteiger partial charge is 0.348 e. The zero-order valence-electron chi connectivity index (χ0n) is 11.0. The lowest BCUT2D eigenvalue weighted by Crippen LogP contribution is -2.42. The molecule has 0 saturated carbocycles. The summed E-state index contributed by atoms with van der Waals surface area (Å²) in [5, 5.41) is 3.76. The quantitative estimate of drug-likeness (QED) is 0.898. The molecule has 104 valence electrons. The smallest absolute Gasteiger partial charge is 0.237 e. The summed E-state index contributed by atoms with van der Waals surface area (Å²) in [5.41, 5.74) is 6.96. The van der Waals surface area contributed by atoms with Crippen molar-refractivity contribution in [2.24, 2.45) is 5.73 Å². The lowest BCUT2D eigenvalue weighted by atomic mass is 10.0. The van der Waals surface area contributed by atoms with Gasteiger partial charge in [0.2, 0.25) is 5.91 Å². The van der Waals surface area contributed by atoms with E-state index in [1.54, 1.807) is 11.8 Å². The van der Waals surface area contributed by atoms with Gasteiger partial charge >= 0.3 is 0 Å². The highest BCUT2D eigenvalue weighted by atomic mass is 35.5. The maximum atomic E-state index is 12.0. The fourth-order valence-electron chi connectivity index (χ4n) is 2.24. The van der Waals surface area contributed by atoms with Gasteiger partial charge in [-0.2, -0.15) is 0 Å². The van der Waals surface area contributed by atoms with E-state index < -0.39 is 6.04 Å². The van der Waals surface area contributed by atoms with Crippen molar-refractivity contribution in [1.29, 1.82) is 0 Å². The van der Waals surface area contributed by atoms with Crippen LogP contribution in [-0.4, -0.2) is 17.7 Å². The van der Waals surface area contributed by atoms with Crippen molar-refractivity contribution < 1.29 is 4.79 Å². The van der Waals surface area contributed by atoms with Crippen LogP contribution in [0.2, 0.25) is 5.02 Å². The van der Waals surface area contributed by atoms with Crippen LogP contribution in [0.1, 0.15) is 37.8 Å². The molecule has 0 unspecified atom stereocenters. The van der Waals surface area contributed by atoms with Crippen LogP contribution in [0.15, 0.2) is 23.1 Å². The number of benzene rings is 1. The van der Waals surface area contributed by atoms with E-state index >= 15 is 0 Å². The molecule has 0 aromatic heterocycles. The predicted molar refractivity (Wildman–Crippen MR) is 80.6 cm³/mol. The summed E-state index contributed by atoms with van der Waals surface area (Å²) < 4.78 is 0. The second kappa shape index (κ2) is 6.64. The van der Waals surface area contributed by atoms with Crippen LogP contribution in [0, 0.1) is 0 Å². The number of nitrogens with two attached hydrogens (primary N) is 1. The molecule has 0 spiro atoms. The van der Waals surface area contributed by atoms with Gasteiger partial charge in [-0.25, -0.2) is 0 Å². The van der Waals surface area contributed by atoms with Crippen LogP contribution in [0.3, 0.4) is 0 Å². The van der Waals surface area contributed by atoms with Gasteiger partial charge in [0.1, 0.15) is 0 Å². The first-order valence-electron chi connectivity index (χ1n) is 6.60. The topological polar surface area (TPSA) is 55.1 Å². The Labute approximate surface area is 123 Å². The van der Waals surface area contributed by atoms with Gasteiger partial charge in [0.05, 0.1) is 12.1 Å². The average Bonchev–Trinajstić information content (AvgIpc) is 2.39. The number of carbonyl (C=O) groups is 1. The summed E-state index contributed by atoms with van der Waals surface area (Å²) in [4.78, 5) is 13.2. The van der Waals surface area contributed by atoms with Crippen molar-refractivity contribution in [3.8, 4) is 0 Å². The summed E-state index contributed by atoms with van der Waals surface area (Å²) in [6, 6.07) is 5.47. The molecule has 0 saturated heterocycles. The molecular weight excluding hydrogens is 280 g/mol. The van der Waals surface area contributed by atoms with E-state index in [2.05, 4.69) is 5.32 Å². The van der Waals surface area contributed by atoms with Gasteiger partial charge in [-0.3, -0.25) is 4.79 Å². The van der Waals surface area contributed by atoms with E-state index in [1.165, 1.54) is 4.90 Å². The number of carbonyl (C=O) groups excluding carboxylic acids is 1.